The Bertz CT molecular complexity index is 637. The van der Waals surface area contributed by atoms with Crippen LogP contribution in [0.2, 0.25) is 0 Å². The van der Waals surface area contributed by atoms with Gasteiger partial charge in [-0.15, -0.1) is 0 Å². The Morgan fingerprint density at radius 1 is 1.29 bits per heavy atom. The van der Waals surface area contributed by atoms with E-state index in [-0.39, 0.29) is 0 Å². The standard InChI is InChI=1S/C17H27N3S/c1-5-19(6-2)12-8-10-14(4)20-15-11-7-9-13(3)16(15)18-17(20)21/h7,9,11,14H,5-6,8,10,12H2,1-4H3,(H,18,21). The zero-order valence-electron chi connectivity index (χ0n) is 13.6. The molecule has 2 rings (SSSR count). The van der Waals surface area contributed by atoms with Gasteiger partial charge in [-0.25, -0.2) is 0 Å². The summed E-state index contributed by atoms with van der Waals surface area (Å²) in [5.41, 5.74) is 3.67. The molecule has 21 heavy (non-hydrogen) atoms. The molecule has 1 N–H and O–H groups in total. The van der Waals surface area contributed by atoms with Gasteiger partial charge >= 0.3 is 0 Å². The van der Waals surface area contributed by atoms with Gasteiger partial charge in [-0.05, 0) is 70.2 Å². The van der Waals surface area contributed by atoms with Crippen LogP contribution in [0, 0.1) is 11.7 Å². The lowest BCUT2D eigenvalue weighted by Gasteiger charge is -2.20. The quantitative estimate of drug-likeness (QED) is 0.750. The lowest BCUT2D eigenvalue weighted by atomic mass is 10.1. The maximum absolute atomic E-state index is 5.53. The molecule has 0 aliphatic rings. The molecule has 1 aromatic carbocycles. The van der Waals surface area contributed by atoms with Crippen molar-refractivity contribution in [1.29, 1.82) is 0 Å². The van der Waals surface area contributed by atoms with Crippen LogP contribution in [0.1, 0.15) is 45.2 Å². The van der Waals surface area contributed by atoms with Crippen molar-refractivity contribution in [3.8, 4) is 0 Å². The molecule has 0 saturated carbocycles. The largest absolute Gasteiger partial charge is 0.330 e. The average Bonchev–Trinajstić information content (AvgIpc) is 2.81. The SMILES string of the molecule is CCN(CC)CCCC(C)n1c(=S)[nH]c2c(C)cccc21. The molecule has 0 aliphatic carbocycles. The highest BCUT2D eigenvalue weighted by molar-refractivity contribution is 7.71. The first-order valence-electron chi connectivity index (χ1n) is 8.00. The molecule has 3 nitrogen and oxygen atoms in total. The lowest BCUT2D eigenvalue weighted by Crippen LogP contribution is -2.24. The van der Waals surface area contributed by atoms with E-state index in [0.717, 1.165) is 24.3 Å². The summed E-state index contributed by atoms with van der Waals surface area (Å²) in [5, 5.41) is 0. The van der Waals surface area contributed by atoms with Gasteiger partial charge in [-0.3, -0.25) is 0 Å². The number of hydrogen-bond donors (Lipinski definition) is 1. The third-order valence-corrected chi connectivity index (χ3v) is 4.69. The summed E-state index contributed by atoms with van der Waals surface area (Å²) in [5.74, 6) is 0. The van der Waals surface area contributed by atoms with Crippen molar-refractivity contribution in [1.82, 2.24) is 14.5 Å². The van der Waals surface area contributed by atoms with Crippen LogP contribution in [0.25, 0.3) is 11.0 Å². The van der Waals surface area contributed by atoms with Crippen molar-refractivity contribution < 1.29 is 0 Å². The Labute approximate surface area is 133 Å². The number of aryl methyl sites for hydroxylation is 1. The molecule has 0 aliphatic heterocycles. The predicted molar refractivity (Wildman–Crippen MR) is 93.6 cm³/mol. The second kappa shape index (κ2) is 7.23. The monoisotopic (exact) mass is 305 g/mol. The van der Waals surface area contributed by atoms with Gasteiger partial charge in [-0.2, -0.15) is 0 Å². The van der Waals surface area contributed by atoms with Crippen LogP contribution in [-0.2, 0) is 0 Å². The highest BCUT2D eigenvalue weighted by Crippen LogP contribution is 2.24. The third-order valence-electron chi connectivity index (χ3n) is 4.39. The van der Waals surface area contributed by atoms with Crippen LogP contribution in [0.15, 0.2) is 18.2 Å². The van der Waals surface area contributed by atoms with Crippen LogP contribution < -0.4 is 0 Å². The molecule has 116 valence electrons. The van der Waals surface area contributed by atoms with E-state index in [1.54, 1.807) is 0 Å². The van der Waals surface area contributed by atoms with Gasteiger partial charge in [0.15, 0.2) is 4.77 Å². The number of para-hydroxylation sites is 1. The van der Waals surface area contributed by atoms with Gasteiger partial charge in [0.2, 0.25) is 0 Å². The summed E-state index contributed by atoms with van der Waals surface area (Å²) in [7, 11) is 0. The normalized spacial score (nSPS) is 13.2. The highest BCUT2D eigenvalue weighted by Gasteiger charge is 2.12. The van der Waals surface area contributed by atoms with Gasteiger partial charge in [0.05, 0.1) is 11.0 Å². The maximum Gasteiger partial charge on any atom is 0.178 e. The first-order valence-corrected chi connectivity index (χ1v) is 8.41. The maximum atomic E-state index is 5.53. The number of aromatic nitrogens is 2. The molecule has 2 aromatic rings. The van der Waals surface area contributed by atoms with E-state index in [9.17, 15) is 0 Å². The van der Waals surface area contributed by atoms with Gasteiger partial charge in [-0.1, -0.05) is 26.0 Å². The van der Waals surface area contributed by atoms with E-state index in [4.69, 9.17) is 12.2 Å². The second-order valence-electron chi connectivity index (χ2n) is 5.79. The number of aromatic amines is 1. The van der Waals surface area contributed by atoms with Crippen molar-refractivity contribution in [2.24, 2.45) is 0 Å². The van der Waals surface area contributed by atoms with Crippen LogP contribution in [0.3, 0.4) is 0 Å². The van der Waals surface area contributed by atoms with Crippen LogP contribution in [-0.4, -0.2) is 34.1 Å². The summed E-state index contributed by atoms with van der Waals surface area (Å²) in [4.78, 5) is 5.84. The molecular weight excluding hydrogens is 278 g/mol. The highest BCUT2D eigenvalue weighted by atomic mass is 32.1. The molecule has 1 unspecified atom stereocenters. The summed E-state index contributed by atoms with van der Waals surface area (Å²) in [6, 6.07) is 6.83. The zero-order chi connectivity index (χ0) is 15.4. The second-order valence-corrected chi connectivity index (χ2v) is 6.17. The topological polar surface area (TPSA) is 24.0 Å². The molecule has 0 spiro atoms. The fourth-order valence-electron chi connectivity index (χ4n) is 3.01. The fourth-order valence-corrected chi connectivity index (χ4v) is 3.39. The van der Waals surface area contributed by atoms with Gasteiger partial charge < -0.3 is 14.5 Å². The number of imidazole rings is 1. The first-order chi connectivity index (χ1) is 10.1. The van der Waals surface area contributed by atoms with Crippen LogP contribution >= 0.6 is 12.2 Å². The van der Waals surface area contributed by atoms with Gasteiger partial charge in [0, 0.05) is 6.04 Å². The number of rotatable bonds is 7. The molecule has 1 atom stereocenters. The minimum absolute atomic E-state index is 0.434. The van der Waals surface area contributed by atoms with Crippen molar-refractivity contribution in [2.45, 2.75) is 46.6 Å². The summed E-state index contributed by atoms with van der Waals surface area (Å²) in [6.07, 6.45) is 2.37. The summed E-state index contributed by atoms with van der Waals surface area (Å²) >= 11 is 5.53. The number of nitrogens with zero attached hydrogens (tertiary/aromatic N) is 2. The number of hydrogen-bond acceptors (Lipinski definition) is 2. The zero-order valence-corrected chi connectivity index (χ0v) is 14.5. The Morgan fingerprint density at radius 3 is 2.67 bits per heavy atom. The lowest BCUT2D eigenvalue weighted by molar-refractivity contribution is 0.288. The summed E-state index contributed by atoms with van der Waals surface area (Å²) < 4.78 is 3.12. The molecule has 4 heteroatoms. The number of nitrogens with one attached hydrogen (secondary N) is 1. The Kier molecular flexibility index (Phi) is 5.59. The Hall–Kier alpha value is -1.13. The van der Waals surface area contributed by atoms with E-state index in [1.807, 2.05) is 0 Å². The third kappa shape index (κ3) is 3.55. The van der Waals surface area contributed by atoms with E-state index in [0.29, 0.717) is 6.04 Å². The summed E-state index contributed by atoms with van der Waals surface area (Å²) in [6.45, 7) is 12.3. The number of benzene rings is 1. The Balaban J connectivity index is 2.13. The predicted octanol–water partition coefficient (Wildman–Crippen LogP) is 4.69. The average molecular weight is 305 g/mol. The molecular formula is C17H27N3S. The van der Waals surface area contributed by atoms with E-state index in [2.05, 4.69) is 60.3 Å². The number of fused-ring (bicyclic) bond motifs is 1. The molecule has 0 saturated heterocycles. The Morgan fingerprint density at radius 2 is 2.00 bits per heavy atom. The molecule has 1 heterocycles. The minimum atomic E-state index is 0.434. The number of H-pyrrole nitrogens is 1. The first kappa shape index (κ1) is 16.2. The smallest absolute Gasteiger partial charge is 0.178 e. The fraction of sp³-hybridized carbons (Fsp3) is 0.588. The van der Waals surface area contributed by atoms with Crippen molar-refractivity contribution >= 4 is 23.3 Å². The molecule has 0 radical (unpaired) electrons. The van der Waals surface area contributed by atoms with Crippen LogP contribution in [0.5, 0.6) is 0 Å². The molecule has 0 bridgehead atoms. The van der Waals surface area contributed by atoms with Gasteiger partial charge in [0.1, 0.15) is 0 Å². The van der Waals surface area contributed by atoms with E-state index >= 15 is 0 Å². The van der Waals surface area contributed by atoms with Crippen molar-refractivity contribution in [2.75, 3.05) is 19.6 Å². The van der Waals surface area contributed by atoms with Crippen LogP contribution in [0.4, 0.5) is 0 Å². The minimum Gasteiger partial charge on any atom is -0.330 e. The van der Waals surface area contributed by atoms with Crippen molar-refractivity contribution in [3.05, 3.63) is 28.5 Å². The molecule has 1 aromatic heterocycles. The van der Waals surface area contributed by atoms with Gasteiger partial charge in [0.25, 0.3) is 0 Å². The molecule has 0 amide bonds. The molecule has 0 fully saturated rings. The van der Waals surface area contributed by atoms with Crippen molar-refractivity contribution in [3.63, 3.8) is 0 Å². The van der Waals surface area contributed by atoms with E-state index in [1.165, 1.54) is 29.6 Å². The van der Waals surface area contributed by atoms with E-state index < -0.39 is 0 Å².